The van der Waals surface area contributed by atoms with Crippen molar-refractivity contribution < 1.29 is 0 Å². The van der Waals surface area contributed by atoms with Crippen LogP contribution in [0.15, 0.2) is 6.33 Å². The molecule has 0 aliphatic heterocycles. The molecule has 3 nitrogen and oxygen atoms in total. The first kappa shape index (κ1) is 9.44. The SMILES string of the molecule is CCc1c(C2CC2)ncnc1N(C)C. The van der Waals surface area contributed by atoms with Crippen LogP contribution in [-0.4, -0.2) is 24.1 Å². The van der Waals surface area contributed by atoms with Crippen LogP contribution in [-0.2, 0) is 6.42 Å². The van der Waals surface area contributed by atoms with Crippen molar-refractivity contribution in [1.29, 1.82) is 0 Å². The van der Waals surface area contributed by atoms with Gasteiger partial charge in [-0.15, -0.1) is 0 Å². The second kappa shape index (κ2) is 3.56. The van der Waals surface area contributed by atoms with Gasteiger partial charge in [0, 0.05) is 25.6 Å². The summed E-state index contributed by atoms with van der Waals surface area (Å²) in [5.74, 6) is 1.80. The Hall–Kier alpha value is -1.12. The summed E-state index contributed by atoms with van der Waals surface area (Å²) >= 11 is 0. The standard InChI is InChI=1S/C11H17N3/c1-4-9-10(8-5-6-8)12-7-13-11(9)14(2)3/h7-8H,4-6H2,1-3H3. The molecule has 0 unspecified atom stereocenters. The Bertz CT molecular complexity index is 309. The van der Waals surface area contributed by atoms with Crippen molar-refractivity contribution >= 4 is 5.82 Å². The molecule has 0 saturated heterocycles. The molecule has 1 aliphatic carbocycles. The Kier molecular flexibility index (Phi) is 2.40. The summed E-state index contributed by atoms with van der Waals surface area (Å²) in [4.78, 5) is 10.8. The molecule has 0 radical (unpaired) electrons. The molecule has 1 heterocycles. The second-order valence-electron chi connectivity index (χ2n) is 4.08. The minimum atomic E-state index is 0.714. The van der Waals surface area contributed by atoms with Crippen molar-refractivity contribution in [3.05, 3.63) is 17.6 Å². The fourth-order valence-corrected chi connectivity index (χ4v) is 1.85. The summed E-state index contributed by atoms with van der Waals surface area (Å²) in [6.45, 7) is 2.18. The third-order valence-electron chi connectivity index (χ3n) is 2.70. The number of hydrogen-bond donors (Lipinski definition) is 0. The predicted octanol–water partition coefficient (Wildman–Crippen LogP) is 1.98. The summed E-state index contributed by atoms with van der Waals surface area (Å²) in [6.07, 6.45) is 5.33. The van der Waals surface area contributed by atoms with Gasteiger partial charge in [-0.3, -0.25) is 0 Å². The maximum Gasteiger partial charge on any atom is 0.134 e. The van der Waals surface area contributed by atoms with Gasteiger partial charge in [0.25, 0.3) is 0 Å². The van der Waals surface area contributed by atoms with Gasteiger partial charge in [0.15, 0.2) is 0 Å². The van der Waals surface area contributed by atoms with Gasteiger partial charge in [-0.25, -0.2) is 9.97 Å². The van der Waals surface area contributed by atoms with Crippen molar-refractivity contribution in [2.24, 2.45) is 0 Å². The summed E-state index contributed by atoms with van der Waals surface area (Å²) in [5, 5.41) is 0. The van der Waals surface area contributed by atoms with E-state index in [9.17, 15) is 0 Å². The van der Waals surface area contributed by atoms with Gasteiger partial charge < -0.3 is 4.90 Å². The topological polar surface area (TPSA) is 29.0 Å². The molecule has 76 valence electrons. The molecule has 1 aromatic heterocycles. The van der Waals surface area contributed by atoms with E-state index in [4.69, 9.17) is 0 Å². The molecule has 1 saturated carbocycles. The number of anilines is 1. The minimum absolute atomic E-state index is 0.714. The van der Waals surface area contributed by atoms with Crippen molar-refractivity contribution in [3.8, 4) is 0 Å². The Morgan fingerprint density at radius 1 is 1.36 bits per heavy atom. The van der Waals surface area contributed by atoms with Crippen molar-refractivity contribution in [3.63, 3.8) is 0 Å². The van der Waals surface area contributed by atoms with Crippen LogP contribution in [0.3, 0.4) is 0 Å². The van der Waals surface area contributed by atoms with Crippen LogP contribution < -0.4 is 4.90 Å². The highest BCUT2D eigenvalue weighted by Crippen LogP contribution is 2.41. The van der Waals surface area contributed by atoms with Gasteiger partial charge in [-0.2, -0.15) is 0 Å². The fraction of sp³-hybridized carbons (Fsp3) is 0.636. The Labute approximate surface area is 85.2 Å². The number of nitrogens with zero attached hydrogens (tertiary/aromatic N) is 3. The molecule has 2 rings (SSSR count). The molecule has 0 bridgehead atoms. The molecule has 0 spiro atoms. The monoisotopic (exact) mass is 191 g/mol. The summed E-state index contributed by atoms with van der Waals surface area (Å²) in [6, 6.07) is 0. The Morgan fingerprint density at radius 2 is 2.07 bits per heavy atom. The summed E-state index contributed by atoms with van der Waals surface area (Å²) in [7, 11) is 4.08. The first-order chi connectivity index (χ1) is 6.74. The highest BCUT2D eigenvalue weighted by Gasteiger charge is 2.28. The van der Waals surface area contributed by atoms with Gasteiger partial charge in [0.05, 0.1) is 5.69 Å². The molecular formula is C11H17N3. The lowest BCUT2D eigenvalue weighted by Crippen LogP contribution is -2.15. The molecule has 0 N–H and O–H groups in total. The maximum atomic E-state index is 4.42. The highest BCUT2D eigenvalue weighted by molar-refractivity contribution is 5.48. The summed E-state index contributed by atoms with van der Waals surface area (Å²) in [5.41, 5.74) is 2.62. The molecule has 1 aliphatic rings. The molecule has 3 heteroatoms. The van der Waals surface area contributed by atoms with E-state index in [1.807, 2.05) is 14.1 Å². The Balaban J connectivity index is 2.44. The fourth-order valence-electron chi connectivity index (χ4n) is 1.85. The zero-order valence-corrected chi connectivity index (χ0v) is 9.12. The zero-order valence-electron chi connectivity index (χ0n) is 9.12. The lowest BCUT2D eigenvalue weighted by atomic mass is 10.1. The quantitative estimate of drug-likeness (QED) is 0.731. The first-order valence-electron chi connectivity index (χ1n) is 5.25. The van der Waals surface area contributed by atoms with Crippen LogP contribution in [0.5, 0.6) is 0 Å². The zero-order chi connectivity index (χ0) is 10.1. The van der Waals surface area contributed by atoms with E-state index in [2.05, 4.69) is 21.8 Å². The average Bonchev–Trinajstić information content (AvgIpc) is 2.99. The third kappa shape index (κ3) is 1.59. The molecule has 1 fully saturated rings. The molecule has 0 aromatic carbocycles. The van der Waals surface area contributed by atoms with E-state index in [0.717, 1.165) is 12.2 Å². The predicted molar refractivity (Wildman–Crippen MR) is 57.7 cm³/mol. The van der Waals surface area contributed by atoms with Crippen molar-refractivity contribution in [2.75, 3.05) is 19.0 Å². The minimum Gasteiger partial charge on any atom is -0.362 e. The first-order valence-corrected chi connectivity index (χ1v) is 5.25. The third-order valence-corrected chi connectivity index (χ3v) is 2.70. The number of aromatic nitrogens is 2. The van der Waals surface area contributed by atoms with Crippen LogP contribution >= 0.6 is 0 Å². The van der Waals surface area contributed by atoms with E-state index in [-0.39, 0.29) is 0 Å². The molecular weight excluding hydrogens is 174 g/mol. The number of rotatable bonds is 3. The van der Waals surface area contributed by atoms with Gasteiger partial charge in [0.1, 0.15) is 12.1 Å². The van der Waals surface area contributed by atoms with Gasteiger partial charge in [-0.05, 0) is 19.3 Å². The lowest BCUT2D eigenvalue weighted by molar-refractivity contribution is 0.897. The van der Waals surface area contributed by atoms with Crippen LogP contribution in [0.1, 0.15) is 36.9 Å². The van der Waals surface area contributed by atoms with Crippen molar-refractivity contribution in [1.82, 2.24) is 9.97 Å². The van der Waals surface area contributed by atoms with E-state index in [0.29, 0.717) is 5.92 Å². The van der Waals surface area contributed by atoms with Crippen molar-refractivity contribution in [2.45, 2.75) is 32.1 Å². The largest absolute Gasteiger partial charge is 0.362 e. The molecule has 14 heavy (non-hydrogen) atoms. The lowest BCUT2D eigenvalue weighted by Gasteiger charge is -2.17. The van der Waals surface area contributed by atoms with Gasteiger partial charge >= 0.3 is 0 Å². The normalized spacial score (nSPS) is 15.6. The van der Waals surface area contributed by atoms with E-state index < -0.39 is 0 Å². The van der Waals surface area contributed by atoms with E-state index in [1.54, 1.807) is 6.33 Å². The van der Waals surface area contributed by atoms with Crippen LogP contribution in [0, 0.1) is 0 Å². The Morgan fingerprint density at radius 3 is 2.57 bits per heavy atom. The van der Waals surface area contributed by atoms with Crippen LogP contribution in [0.4, 0.5) is 5.82 Å². The van der Waals surface area contributed by atoms with E-state index >= 15 is 0 Å². The van der Waals surface area contributed by atoms with E-state index in [1.165, 1.54) is 24.1 Å². The van der Waals surface area contributed by atoms with Gasteiger partial charge in [0.2, 0.25) is 0 Å². The summed E-state index contributed by atoms with van der Waals surface area (Å²) < 4.78 is 0. The highest BCUT2D eigenvalue weighted by atomic mass is 15.1. The average molecular weight is 191 g/mol. The second-order valence-corrected chi connectivity index (χ2v) is 4.08. The molecule has 0 amide bonds. The smallest absolute Gasteiger partial charge is 0.134 e. The number of hydrogen-bond acceptors (Lipinski definition) is 3. The van der Waals surface area contributed by atoms with Crippen LogP contribution in [0.2, 0.25) is 0 Å². The molecule has 0 atom stereocenters. The van der Waals surface area contributed by atoms with Gasteiger partial charge in [-0.1, -0.05) is 6.92 Å². The maximum absolute atomic E-state index is 4.42. The van der Waals surface area contributed by atoms with Crippen LogP contribution in [0.25, 0.3) is 0 Å². The molecule has 1 aromatic rings.